The van der Waals surface area contributed by atoms with Crippen LogP contribution in [0.4, 0.5) is 5.13 Å². The van der Waals surface area contributed by atoms with E-state index in [4.69, 9.17) is 19.6 Å². The molecule has 1 aliphatic rings. The van der Waals surface area contributed by atoms with Crippen molar-refractivity contribution < 1.29 is 28.3 Å². The van der Waals surface area contributed by atoms with Crippen molar-refractivity contribution in [2.24, 2.45) is 5.73 Å². The summed E-state index contributed by atoms with van der Waals surface area (Å²) >= 11 is 1.00. The highest BCUT2D eigenvalue weighted by Gasteiger charge is 2.45. The molecule has 10 nitrogen and oxygen atoms in total. The lowest BCUT2D eigenvalue weighted by atomic mass is 9.98. The zero-order chi connectivity index (χ0) is 27.1. The summed E-state index contributed by atoms with van der Waals surface area (Å²) in [6.07, 6.45) is 0. The Kier molecular flexibility index (Phi) is 6.45. The van der Waals surface area contributed by atoms with Gasteiger partial charge in [0.1, 0.15) is 16.2 Å². The summed E-state index contributed by atoms with van der Waals surface area (Å²) in [4.78, 5) is 57.2. The fourth-order valence-electron chi connectivity index (χ4n) is 4.37. The van der Waals surface area contributed by atoms with Crippen LogP contribution in [0.3, 0.4) is 0 Å². The Bertz CT molecular complexity index is 1660. The molecular weight excluding hydrogens is 510 g/mol. The van der Waals surface area contributed by atoms with Crippen molar-refractivity contribution in [3.8, 4) is 5.75 Å². The summed E-state index contributed by atoms with van der Waals surface area (Å²) in [7, 11) is 0. The molecule has 0 radical (unpaired) electrons. The molecule has 4 aromatic rings. The summed E-state index contributed by atoms with van der Waals surface area (Å²) < 4.78 is 16.5. The number of fused-ring (bicyclic) bond motifs is 2. The van der Waals surface area contributed by atoms with Crippen LogP contribution in [-0.4, -0.2) is 36.0 Å². The number of hydrogen-bond acceptors (Lipinski definition) is 9. The number of ether oxygens (including phenoxy) is 2. The van der Waals surface area contributed by atoms with Gasteiger partial charge in [0.2, 0.25) is 5.76 Å². The number of thiazole rings is 1. The Balaban J connectivity index is 1.68. The van der Waals surface area contributed by atoms with Crippen LogP contribution in [0.2, 0.25) is 0 Å². The van der Waals surface area contributed by atoms with Gasteiger partial charge in [-0.2, -0.15) is 0 Å². The van der Waals surface area contributed by atoms with Crippen molar-refractivity contribution in [3.05, 3.63) is 85.7 Å². The molecule has 11 heteroatoms. The number of rotatable bonds is 7. The summed E-state index contributed by atoms with van der Waals surface area (Å²) in [5, 5.41) is 0.577. The fraction of sp³-hybridized carbons (Fsp3) is 0.222. The Morgan fingerprint density at radius 1 is 1.13 bits per heavy atom. The minimum absolute atomic E-state index is 0.0871. The second-order valence-corrected chi connectivity index (χ2v) is 9.68. The molecule has 0 aliphatic carbocycles. The number of benzene rings is 2. The minimum Gasteiger partial charge on any atom is -0.484 e. The van der Waals surface area contributed by atoms with Gasteiger partial charge in [0.15, 0.2) is 17.2 Å². The number of esters is 1. The van der Waals surface area contributed by atoms with Gasteiger partial charge in [-0.15, -0.1) is 0 Å². The van der Waals surface area contributed by atoms with E-state index in [2.05, 4.69) is 4.98 Å². The summed E-state index contributed by atoms with van der Waals surface area (Å²) in [5.41, 5.74) is 7.14. The lowest BCUT2D eigenvalue weighted by Crippen LogP contribution is -2.29. The molecule has 2 amide bonds. The molecule has 1 aliphatic heterocycles. The van der Waals surface area contributed by atoms with E-state index < -0.39 is 23.8 Å². The number of anilines is 1. The van der Waals surface area contributed by atoms with Gasteiger partial charge in [0, 0.05) is 0 Å². The Morgan fingerprint density at radius 2 is 1.87 bits per heavy atom. The molecule has 0 fully saturated rings. The first-order valence-electron chi connectivity index (χ1n) is 11.8. The van der Waals surface area contributed by atoms with Crippen LogP contribution in [0.1, 0.15) is 55.6 Å². The van der Waals surface area contributed by atoms with Crippen LogP contribution >= 0.6 is 11.3 Å². The van der Waals surface area contributed by atoms with E-state index in [1.54, 1.807) is 56.3 Å². The van der Waals surface area contributed by atoms with E-state index in [0.29, 0.717) is 28.0 Å². The van der Waals surface area contributed by atoms with E-state index in [0.717, 1.165) is 16.9 Å². The molecule has 0 bridgehead atoms. The molecule has 1 atom stereocenters. The quantitative estimate of drug-likeness (QED) is 0.355. The van der Waals surface area contributed by atoms with Gasteiger partial charge in [0.05, 0.1) is 29.3 Å². The maximum Gasteiger partial charge on any atom is 0.350 e. The third-order valence-corrected chi connectivity index (χ3v) is 7.19. The first-order valence-corrected chi connectivity index (χ1v) is 12.6. The van der Waals surface area contributed by atoms with Crippen molar-refractivity contribution in [1.29, 1.82) is 0 Å². The van der Waals surface area contributed by atoms with E-state index >= 15 is 0 Å². The van der Waals surface area contributed by atoms with Crippen LogP contribution in [-0.2, 0) is 9.53 Å². The predicted molar refractivity (Wildman–Crippen MR) is 140 cm³/mol. The number of aromatic nitrogens is 1. The van der Waals surface area contributed by atoms with Gasteiger partial charge in [0.25, 0.3) is 11.8 Å². The van der Waals surface area contributed by atoms with Gasteiger partial charge in [-0.1, -0.05) is 35.1 Å². The number of carbonyl (C=O) groups excluding carboxylic acids is 3. The van der Waals surface area contributed by atoms with Crippen LogP contribution < -0.4 is 20.8 Å². The molecule has 2 aromatic carbocycles. The predicted octanol–water partition coefficient (Wildman–Crippen LogP) is 3.66. The third-order valence-electron chi connectivity index (χ3n) is 6.05. The molecule has 1 unspecified atom stereocenters. The largest absolute Gasteiger partial charge is 0.484 e. The van der Waals surface area contributed by atoms with Crippen molar-refractivity contribution in [2.75, 3.05) is 18.1 Å². The highest BCUT2D eigenvalue weighted by atomic mass is 32.1. The Morgan fingerprint density at radius 3 is 2.55 bits per heavy atom. The second-order valence-electron chi connectivity index (χ2n) is 8.71. The first-order chi connectivity index (χ1) is 18.2. The van der Waals surface area contributed by atoms with Gasteiger partial charge in [-0.3, -0.25) is 19.3 Å². The fourth-order valence-corrected chi connectivity index (χ4v) is 5.36. The van der Waals surface area contributed by atoms with Crippen LogP contribution in [0.15, 0.2) is 51.7 Å². The summed E-state index contributed by atoms with van der Waals surface area (Å²) in [5.74, 6) is -1.41. The molecule has 5 rings (SSSR count). The van der Waals surface area contributed by atoms with Gasteiger partial charge in [-0.05, 0) is 50.6 Å². The minimum atomic E-state index is -0.885. The van der Waals surface area contributed by atoms with Crippen molar-refractivity contribution in [1.82, 2.24) is 4.98 Å². The number of primary amides is 1. The average Bonchev–Trinajstić information content (AvgIpc) is 3.41. The standard InChI is InChI=1S/C27H23N3O7S/c1-4-35-26(34)24-14(3)29-27(38-24)30-21(15-6-8-16(9-7-15)36-12-19(28)31)20-22(32)17-11-13(2)5-10-18(17)37-23(20)25(30)33/h5-11,21H,4,12H2,1-3H3,(H2,28,31). The average molecular weight is 534 g/mol. The molecule has 2 aromatic heterocycles. The van der Waals surface area contributed by atoms with E-state index in [9.17, 15) is 19.2 Å². The monoisotopic (exact) mass is 533 g/mol. The van der Waals surface area contributed by atoms with Crippen molar-refractivity contribution in [2.45, 2.75) is 26.8 Å². The van der Waals surface area contributed by atoms with Gasteiger partial charge < -0.3 is 19.6 Å². The maximum atomic E-state index is 13.8. The Labute approximate surface area is 220 Å². The molecule has 3 heterocycles. The number of nitrogens with two attached hydrogens (primary N) is 1. The molecular formula is C27H23N3O7S. The molecule has 0 spiro atoms. The van der Waals surface area contributed by atoms with Crippen molar-refractivity contribution in [3.63, 3.8) is 0 Å². The summed E-state index contributed by atoms with van der Waals surface area (Å²) in [6, 6.07) is 10.9. The lowest BCUT2D eigenvalue weighted by Gasteiger charge is -2.22. The number of amides is 2. The molecule has 0 saturated heterocycles. The SMILES string of the molecule is CCOC(=O)c1sc(N2C(=O)c3oc4ccc(C)cc4c(=O)c3C2c2ccc(OCC(N)=O)cc2)nc1C. The van der Waals surface area contributed by atoms with Crippen molar-refractivity contribution >= 4 is 45.2 Å². The maximum absolute atomic E-state index is 13.8. The molecule has 2 N–H and O–H groups in total. The highest BCUT2D eigenvalue weighted by Crippen LogP contribution is 2.43. The lowest BCUT2D eigenvalue weighted by molar-refractivity contribution is -0.119. The van der Waals surface area contributed by atoms with Gasteiger partial charge >= 0.3 is 5.97 Å². The topological polar surface area (TPSA) is 142 Å². The zero-order valence-corrected chi connectivity index (χ0v) is 21.6. The third kappa shape index (κ3) is 4.30. The number of aryl methyl sites for hydroxylation is 2. The first kappa shape index (κ1) is 25.2. The van der Waals surface area contributed by atoms with E-state index in [-0.39, 0.29) is 40.0 Å². The zero-order valence-electron chi connectivity index (χ0n) is 20.8. The molecule has 0 saturated carbocycles. The number of hydrogen-bond donors (Lipinski definition) is 1. The van der Waals surface area contributed by atoms with E-state index in [1.807, 2.05) is 6.92 Å². The normalized spacial score (nSPS) is 14.6. The number of nitrogens with zero attached hydrogens (tertiary/aromatic N) is 2. The molecule has 38 heavy (non-hydrogen) atoms. The van der Waals surface area contributed by atoms with E-state index in [1.165, 1.54) is 4.90 Å². The van der Waals surface area contributed by atoms with Crippen LogP contribution in [0.5, 0.6) is 5.75 Å². The summed E-state index contributed by atoms with van der Waals surface area (Å²) in [6.45, 7) is 5.12. The highest BCUT2D eigenvalue weighted by molar-refractivity contribution is 7.17. The smallest absolute Gasteiger partial charge is 0.350 e. The van der Waals surface area contributed by atoms with Gasteiger partial charge in [-0.25, -0.2) is 9.78 Å². The van der Waals surface area contributed by atoms with Crippen LogP contribution in [0, 0.1) is 13.8 Å². The number of carbonyl (C=O) groups is 3. The van der Waals surface area contributed by atoms with Crippen LogP contribution in [0.25, 0.3) is 11.0 Å². The molecule has 194 valence electrons. The Hall–Kier alpha value is -4.51. The second kappa shape index (κ2) is 9.75.